The number of halogens is 1. The number of amides is 1. The lowest BCUT2D eigenvalue weighted by atomic mass is 9.95. The van der Waals surface area contributed by atoms with Crippen LogP contribution in [0.5, 0.6) is 0 Å². The highest BCUT2D eigenvalue weighted by atomic mass is 32.1. The van der Waals surface area contributed by atoms with E-state index >= 15 is 0 Å². The van der Waals surface area contributed by atoms with E-state index in [9.17, 15) is 9.18 Å². The molecule has 0 bridgehead atoms. The maximum Gasteiger partial charge on any atom is 0.223 e. The van der Waals surface area contributed by atoms with Crippen molar-refractivity contribution in [2.24, 2.45) is 5.92 Å². The van der Waals surface area contributed by atoms with Crippen LogP contribution in [0.2, 0.25) is 0 Å². The number of hydrogen-bond donors (Lipinski definition) is 1. The number of anilines is 1. The molecule has 0 saturated carbocycles. The maximum atomic E-state index is 14.4. The molecule has 5 nitrogen and oxygen atoms in total. The van der Waals surface area contributed by atoms with Gasteiger partial charge in [0.05, 0.1) is 15.6 Å². The molecule has 1 aliphatic heterocycles. The summed E-state index contributed by atoms with van der Waals surface area (Å²) >= 11 is 1.53. The molecule has 3 heterocycles. The van der Waals surface area contributed by atoms with Gasteiger partial charge in [-0.3, -0.25) is 4.79 Å². The second-order valence-electron chi connectivity index (χ2n) is 8.79. The van der Waals surface area contributed by atoms with Gasteiger partial charge in [0.15, 0.2) is 0 Å². The largest absolute Gasteiger partial charge is 0.355 e. The highest BCUT2D eigenvalue weighted by Crippen LogP contribution is 2.39. The molecule has 0 spiro atoms. The van der Waals surface area contributed by atoms with Crippen molar-refractivity contribution in [3.63, 3.8) is 0 Å². The molecule has 1 unspecified atom stereocenters. The molecular formula is C26H27FN4OS. The van der Waals surface area contributed by atoms with E-state index in [0.717, 1.165) is 54.0 Å². The SMILES string of the molecule is CC(CCc1ccccc1)NC(=O)C1CCN(c2ncnc3c2sc2cccc(F)c23)CC1. The fourth-order valence-corrected chi connectivity index (χ4v) is 5.79. The average Bonchev–Trinajstić information content (AvgIpc) is 3.23. The predicted molar refractivity (Wildman–Crippen MR) is 132 cm³/mol. The lowest BCUT2D eigenvalue weighted by Gasteiger charge is -2.32. The van der Waals surface area contributed by atoms with Gasteiger partial charge in [0.1, 0.15) is 18.0 Å². The molecule has 2 aromatic heterocycles. The van der Waals surface area contributed by atoms with E-state index in [4.69, 9.17) is 0 Å². The number of aryl methyl sites for hydroxylation is 1. The summed E-state index contributed by atoms with van der Waals surface area (Å²) in [5.41, 5.74) is 1.97. The van der Waals surface area contributed by atoms with Crippen molar-refractivity contribution in [3.8, 4) is 0 Å². The van der Waals surface area contributed by atoms with Crippen LogP contribution in [0.15, 0.2) is 54.9 Å². The fraction of sp³-hybridized carbons (Fsp3) is 0.346. The van der Waals surface area contributed by atoms with Gasteiger partial charge < -0.3 is 10.2 Å². The third-order valence-corrected chi connectivity index (χ3v) is 7.61. The summed E-state index contributed by atoms with van der Waals surface area (Å²) in [6, 6.07) is 15.6. The van der Waals surface area contributed by atoms with Crippen LogP contribution in [-0.4, -0.2) is 35.0 Å². The molecule has 5 rings (SSSR count). The zero-order valence-electron chi connectivity index (χ0n) is 18.6. The average molecular weight is 463 g/mol. The number of fused-ring (bicyclic) bond motifs is 3. The van der Waals surface area contributed by atoms with Crippen LogP contribution in [0.25, 0.3) is 20.3 Å². The molecule has 33 heavy (non-hydrogen) atoms. The molecule has 1 saturated heterocycles. The highest BCUT2D eigenvalue weighted by molar-refractivity contribution is 7.26. The van der Waals surface area contributed by atoms with Gasteiger partial charge in [-0.25, -0.2) is 14.4 Å². The van der Waals surface area contributed by atoms with Crippen molar-refractivity contribution < 1.29 is 9.18 Å². The zero-order chi connectivity index (χ0) is 22.8. The number of hydrogen-bond acceptors (Lipinski definition) is 5. The molecule has 0 aliphatic carbocycles. The Morgan fingerprint density at radius 3 is 2.73 bits per heavy atom. The quantitative estimate of drug-likeness (QED) is 0.420. The van der Waals surface area contributed by atoms with E-state index in [1.165, 1.54) is 29.3 Å². The second-order valence-corrected chi connectivity index (χ2v) is 9.84. The lowest BCUT2D eigenvalue weighted by molar-refractivity contribution is -0.126. The normalized spacial score (nSPS) is 15.8. The van der Waals surface area contributed by atoms with Gasteiger partial charge in [-0.15, -0.1) is 11.3 Å². The number of carbonyl (C=O) groups excluding carboxylic acids is 1. The summed E-state index contributed by atoms with van der Waals surface area (Å²) in [5, 5.41) is 3.77. The van der Waals surface area contributed by atoms with E-state index in [0.29, 0.717) is 10.9 Å². The number of thiophene rings is 1. The Kier molecular flexibility index (Phi) is 6.22. The Labute approximate surface area is 196 Å². The van der Waals surface area contributed by atoms with E-state index in [1.807, 2.05) is 24.3 Å². The summed E-state index contributed by atoms with van der Waals surface area (Å²) in [4.78, 5) is 23.9. The number of rotatable bonds is 6. The third kappa shape index (κ3) is 4.55. The first-order valence-electron chi connectivity index (χ1n) is 11.5. The monoisotopic (exact) mass is 462 g/mol. The second kappa shape index (κ2) is 9.43. The number of aromatic nitrogens is 2. The van der Waals surface area contributed by atoms with Crippen LogP contribution in [0.3, 0.4) is 0 Å². The Hall–Kier alpha value is -3.06. The first-order chi connectivity index (χ1) is 16.1. The van der Waals surface area contributed by atoms with Gasteiger partial charge in [-0.1, -0.05) is 36.4 Å². The van der Waals surface area contributed by atoms with Gasteiger partial charge in [-0.2, -0.15) is 0 Å². The minimum Gasteiger partial charge on any atom is -0.355 e. The number of nitrogens with one attached hydrogen (secondary N) is 1. The Morgan fingerprint density at radius 2 is 1.94 bits per heavy atom. The summed E-state index contributed by atoms with van der Waals surface area (Å²) in [6.45, 7) is 3.58. The zero-order valence-corrected chi connectivity index (χ0v) is 19.4. The van der Waals surface area contributed by atoms with Crippen LogP contribution >= 0.6 is 11.3 Å². The molecule has 1 atom stereocenters. The van der Waals surface area contributed by atoms with E-state index < -0.39 is 0 Å². The summed E-state index contributed by atoms with van der Waals surface area (Å²) < 4.78 is 16.2. The Balaban J connectivity index is 1.21. The van der Waals surface area contributed by atoms with E-state index in [-0.39, 0.29) is 23.7 Å². The molecule has 2 aromatic carbocycles. The smallest absolute Gasteiger partial charge is 0.223 e. The van der Waals surface area contributed by atoms with Crippen LogP contribution in [-0.2, 0) is 11.2 Å². The molecule has 170 valence electrons. The van der Waals surface area contributed by atoms with Crippen molar-refractivity contribution in [2.45, 2.75) is 38.6 Å². The van der Waals surface area contributed by atoms with E-state index in [1.54, 1.807) is 6.07 Å². The van der Waals surface area contributed by atoms with Crippen LogP contribution in [0, 0.1) is 11.7 Å². The van der Waals surface area contributed by atoms with Crippen molar-refractivity contribution in [3.05, 3.63) is 66.2 Å². The van der Waals surface area contributed by atoms with Gasteiger partial charge in [-0.05, 0) is 50.3 Å². The molecule has 4 aromatic rings. The minimum absolute atomic E-state index is 0.0117. The molecule has 1 fully saturated rings. The van der Waals surface area contributed by atoms with Crippen molar-refractivity contribution >= 4 is 43.4 Å². The fourth-order valence-electron chi connectivity index (χ4n) is 4.61. The number of carbonyl (C=O) groups is 1. The summed E-state index contributed by atoms with van der Waals surface area (Å²) in [5.74, 6) is 0.750. The van der Waals surface area contributed by atoms with E-state index in [2.05, 4.69) is 39.2 Å². The topological polar surface area (TPSA) is 58.1 Å². The first kappa shape index (κ1) is 21.8. The van der Waals surface area contributed by atoms with Crippen molar-refractivity contribution in [1.29, 1.82) is 0 Å². The lowest BCUT2D eigenvalue weighted by Crippen LogP contribution is -2.43. The number of nitrogens with zero attached hydrogens (tertiary/aromatic N) is 3. The van der Waals surface area contributed by atoms with Gasteiger partial charge in [0, 0.05) is 29.7 Å². The van der Waals surface area contributed by atoms with Crippen LogP contribution in [0.1, 0.15) is 31.7 Å². The minimum atomic E-state index is -0.250. The summed E-state index contributed by atoms with van der Waals surface area (Å²) in [7, 11) is 0. The number of piperidine rings is 1. The predicted octanol–water partition coefficient (Wildman–Crippen LogP) is 5.34. The highest BCUT2D eigenvalue weighted by Gasteiger charge is 2.28. The van der Waals surface area contributed by atoms with Gasteiger partial charge >= 0.3 is 0 Å². The molecule has 1 aliphatic rings. The molecule has 0 radical (unpaired) electrons. The van der Waals surface area contributed by atoms with Crippen molar-refractivity contribution in [1.82, 2.24) is 15.3 Å². The Morgan fingerprint density at radius 1 is 1.15 bits per heavy atom. The molecule has 7 heteroatoms. The first-order valence-corrected chi connectivity index (χ1v) is 12.3. The number of benzene rings is 2. The van der Waals surface area contributed by atoms with Gasteiger partial charge in [0.25, 0.3) is 0 Å². The molecular weight excluding hydrogens is 435 g/mol. The standard InChI is InChI=1S/C26H27FN4OS/c1-17(10-11-18-6-3-2-4-7-18)30-26(32)19-12-14-31(15-13-19)25-24-23(28-16-29-25)22-20(27)8-5-9-21(22)33-24/h2-9,16-17,19H,10-15H2,1H3,(H,30,32). The molecule has 1 amide bonds. The van der Waals surface area contributed by atoms with Crippen molar-refractivity contribution in [2.75, 3.05) is 18.0 Å². The van der Waals surface area contributed by atoms with Crippen LogP contribution < -0.4 is 10.2 Å². The maximum absolute atomic E-state index is 14.4. The van der Waals surface area contributed by atoms with Crippen LogP contribution in [0.4, 0.5) is 10.2 Å². The summed E-state index contributed by atoms with van der Waals surface area (Å²) in [6.07, 6.45) is 4.96. The molecule has 1 N–H and O–H groups in total. The third-order valence-electron chi connectivity index (χ3n) is 6.47. The Bertz CT molecular complexity index is 1270. The van der Waals surface area contributed by atoms with Gasteiger partial charge in [0.2, 0.25) is 5.91 Å².